The summed E-state index contributed by atoms with van der Waals surface area (Å²) in [5, 5.41) is 2.75. The van der Waals surface area contributed by atoms with E-state index in [1.807, 2.05) is 6.92 Å². The van der Waals surface area contributed by atoms with Crippen molar-refractivity contribution in [1.82, 2.24) is 4.90 Å². The Balaban J connectivity index is 2.69. The molecular formula is C15H22N2O4. The fourth-order valence-corrected chi connectivity index (χ4v) is 1.79. The van der Waals surface area contributed by atoms with E-state index in [4.69, 9.17) is 9.47 Å². The minimum atomic E-state index is -0.410. The first-order valence-electron chi connectivity index (χ1n) is 6.96. The molecule has 6 heteroatoms. The topological polar surface area (TPSA) is 67.9 Å². The van der Waals surface area contributed by atoms with Gasteiger partial charge in [0.1, 0.15) is 12.3 Å². The number of hydrogen-bond donors (Lipinski definition) is 1. The Labute approximate surface area is 125 Å². The van der Waals surface area contributed by atoms with Crippen LogP contribution in [0.3, 0.4) is 0 Å². The molecule has 1 aromatic carbocycles. The van der Waals surface area contributed by atoms with Gasteiger partial charge in [-0.25, -0.2) is 4.79 Å². The number of carbonyl (C=O) groups excluding carboxylic acids is 2. The Morgan fingerprint density at radius 2 is 2.05 bits per heavy atom. The Kier molecular flexibility index (Phi) is 7.08. The largest absolute Gasteiger partial charge is 0.497 e. The van der Waals surface area contributed by atoms with E-state index >= 15 is 0 Å². The molecule has 116 valence electrons. The molecule has 0 bridgehead atoms. The zero-order chi connectivity index (χ0) is 15.7. The summed E-state index contributed by atoms with van der Waals surface area (Å²) in [6, 6.07) is 6.71. The third-order valence-electron chi connectivity index (χ3n) is 2.73. The molecule has 0 aliphatic carbocycles. The molecule has 1 aromatic rings. The molecule has 0 aliphatic rings. The Bertz CT molecular complexity index is 476. The number of carbonyl (C=O) groups is 2. The van der Waals surface area contributed by atoms with E-state index in [9.17, 15) is 9.59 Å². The SMILES string of the molecule is CCCN(CC(=O)OCC)C(=O)Nc1cccc(OC)c1. The maximum atomic E-state index is 12.2. The molecule has 0 spiro atoms. The summed E-state index contributed by atoms with van der Waals surface area (Å²) >= 11 is 0. The van der Waals surface area contributed by atoms with Crippen LogP contribution in [0.1, 0.15) is 20.3 Å². The minimum absolute atomic E-state index is 0.0581. The third kappa shape index (κ3) is 5.72. The van der Waals surface area contributed by atoms with Gasteiger partial charge in [0, 0.05) is 18.3 Å². The number of nitrogens with one attached hydrogen (secondary N) is 1. The highest BCUT2D eigenvalue weighted by Gasteiger charge is 2.17. The maximum Gasteiger partial charge on any atom is 0.325 e. The minimum Gasteiger partial charge on any atom is -0.497 e. The molecule has 21 heavy (non-hydrogen) atoms. The van der Waals surface area contributed by atoms with Crippen LogP contribution in [0.25, 0.3) is 0 Å². The number of nitrogens with zero attached hydrogens (tertiary/aromatic N) is 1. The van der Waals surface area contributed by atoms with Gasteiger partial charge >= 0.3 is 12.0 Å². The van der Waals surface area contributed by atoms with Gasteiger partial charge in [-0.3, -0.25) is 4.79 Å². The van der Waals surface area contributed by atoms with E-state index in [2.05, 4.69) is 5.32 Å². The lowest BCUT2D eigenvalue weighted by atomic mass is 10.3. The van der Waals surface area contributed by atoms with Crippen molar-refractivity contribution in [2.24, 2.45) is 0 Å². The van der Waals surface area contributed by atoms with Crippen molar-refractivity contribution in [1.29, 1.82) is 0 Å². The lowest BCUT2D eigenvalue weighted by Gasteiger charge is -2.21. The molecule has 2 amide bonds. The van der Waals surface area contributed by atoms with Crippen LogP contribution < -0.4 is 10.1 Å². The Morgan fingerprint density at radius 1 is 1.29 bits per heavy atom. The van der Waals surface area contributed by atoms with Gasteiger partial charge in [0.15, 0.2) is 0 Å². The highest BCUT2D eigenvalue weighted by Crippen LogP contribution is 2.17. The van der Waals surface area contributed by atoms with E-state index in [1.165, 1.54) is 4.90 Å². The average Bonchev–Trinajstić information content (AvgIpc) is 2.47. The van der Waals surface area contributed by atoms with Gasteiger partial charge < -0.3 is 19.7 Å². The van der Waals surface area contributed by atoms with Crippen LogP contribution in [0.2, 0.25) is 0 Å². The van der Waals surface area contributed by atoms with Crippen molar-refractivity contribution in [3.63, 3.8) is 0 Å². The predicted molar refractivity (Wildman–Crippen MR) is 80.5 cm³/mol. The molecular weight excluding hydrogens is 272 g/mol. The summed E-state index contributed by atoms with van der Waals surface area (Å²) in [5.41, 5.74) is 0.615. The van der Waals surface area contributed by atoms with Gasteiger partial charge in [-0.2, -0.15) is 0 Å². The molecule has 0 atom stereocenters. The van der Waals surface area contributed by atoms with Crippen molar-refractivity contribution in [2.75, 3.05) is 32.1 Å². The zero-order valence-electron chi connectivity index (χ0n) is 12.7. The van der Waals surface area contributed by atoms with Crippen molar-refractivity contribution >= 4 is 17.7 Å². The number of amides is 2. The Hall–Kier alpha value is -2.24. The van der Waals surface area contributed by atoms with Crippen LogP contribution in [-0.2, 0) is 9.53 Å². The molecule has 0 fully saturated rings. The summed E-state index contributed by atoms with van der Waals surface area (Å²) in [5.74, 6) is 0.243. The number of benzene rings is 1. The van der Waals surface area contributed by atoms with E-state index in [1.54, 1.807) is 38.3 Å². The van der Waals surface area contributed by atoms with Gasteiger partial charge in [0.25, 0.3) is 0 Å². The maximum absolute atomic E-state index is 12.2. The van der Waals surface area contributed by atoms with Crippen LogP contribution >= 0.6 is 0 Å². The second-order valence-corrected chi connectivity index (χ2v) is 4.39. The average molecular weight is 294 g/mol. The Morgan fingerprint density at radius 3 is 2.67 bits per heavy atom. The van der Waals surface area contributed by atoms with Gasteiger partial charge in [0.2, 0.25) is 0 Å². The van der Waals surface area contributed by atoms with Crippen LogP contribution in [0.5, 0.6) is 5.75 Å². The first-order chi connectivity index (χ1) is 10.1. The lowest BCUT2D eigenvalue weighted by Crippen LogP contribution is -2.39. The molecule has 0 aliphatic heterocycles. The smallest absolute Gasteiger partial charge is 0.325 e. The van der Waals surface area contributed by atoms with Crippen LogP contribution in [-0.4, -0.2) is 43.7 Å². The monoisotopic (exact) mass is 294 g/mol. The number of urea groups is 1. The molecule has 6 nitrogen and oxygen atoms in total. The zero-order valence-corrected chi connectivity index (χ0v) is 12.7. The van der Waals surface area contributed by atoms with Gasteiger partial charge in [-0.1, -0.05) is 13.0 Å². The number of rotatable bonds is 7. The summed E-state index contributed by atoms with van der Waals surface area (Å²) in [6.45, 7) is 4.40. The van der Waals surface area contributed by atoms with E-state index < -0.39 is 5.97 Å². The first kappa shape index (κ1) is 16.8. The second-order valence-electron chi connectivity index (χ2n) is 4.39. The fraction of sp³-hybridized carbons (Fsp3) is 0.467. The van der Waals surface area contributed by atoms with Crippen LogP contribution in [0.4, 0.5) is 10.5 Å². The van der Waals surface area contributed by atoms with Crippen molar-refractivity contribution in [3.8, 4) is 5.75 Å². The first-order valence-corrected chi connectivity index (χ1v) is 6.96. The highest BCUT2D eigenvalue weighted by molar-refractivity contribution is 5.91. The van der Waals surface area contributed by atoms with E-state index in [0.717, 1.165) is 6.42 Å². The molecule has 0 heterocycles. The molecule has 0 radical (unpaired) electrons. The quantitative estimate of drug-likeness (QED) is 0.785. The molecule has 0 saturated heterocycles. The molecule has 1 rings (SSSR count). The van der Waals surface area contributed by atoms with Crippen molar-refractivity contribution in [3.05, 3.63) is 24.3 Å². The van der Waals surface area contributed by atoms with Gasteiger partial charge in [-0.05, 0) is 25.5 Å². The molecule has 1 N–H and O–H groups in total. The highest BCUT2D eigenvalue weighted by atomic mass is 16.5. The van der Waals surface area contributed by atoms with Crippen molar-refractivity contribution in [2.45, 2.75) is 20.3 Å². The number of anilines is 1. The number of ether oxygens (including phenoxy) is 2. The molecule has 0 aromatic heterocycles. The van der Waals surface area contributed by atoms with E-state index in [-0.39, 0.29) is 12.6 Å². The fourth-order valence-electron chi connectivity index (χ4n) is 1.79. The summed E-state index contributed by atoms with van der Waals surface area (Å²) < 4.78 is 9.98. The number of methoxy groups -OCH3 is 1. The molecule has 0 saturated carbocycles. The van der Waals surface area contributed by atoms with Crippen LogP contribution in [0.15, 0.2) is 24.3 Å². The molecule has 0 unspecified atom stereocenters. The van der Waals surface area contributed by atoms with Gasteiger partial charge in [-0.15, -0.1) is 0 Å². The number of esters is 1. The standard InChI is InChI=1S/C15H22N2O4/c1-4-9-17(11-14(18)21-5-2)15(19)16-12-7-6-8-13(10-12)20-3/h6-8,10H,4-5,9,11H2,1-3H3,(H,16,19). The second kappa shape index (κ2) is 8.84. The van der Waals surface area contributed by atoms with Gasteiger partial charge in [0.05, 0.1) is 13.7 Å². The summed E-state index contributed by atoms with van der Waals surface area (Å²) in [7, 11) is 1.56. The summed E-state index contributed by atoms with van der Waals surface area (Å²) in [4.78, 5) is 25.2. The van der Waals surface area contributed by atoms with Crippen LogP contribution in [0, 0.1) is 0 Å². The summed E-state index contributed by atoms with van der Waals surface area (Å²) in [6.07, 6.45) is 0.755. The van der Waals surface area contributed by atoms with Crippen molar-refractivity contribution < 1.29 is 19.1 Å². The normalized spacial score (nSPS) is 9.86. The lowest BCUT2D eigenvalue weighted by molar-refractivity contribution is -0.143. The third-order valence-corrected chi connectivity index (χ3v) is 2.73. The number of hydrogen-bond acceptors (Lipinski definition) is 4. The van der Waals surface area contributed by atoms with E-state index in [0.29, 0.717) is 24.6 Å². The predicted octanol–water partition coefficient (Wildman–Crippen LogP) is 2.50.